The van der Waals surface area contributed by atoms with Crippen LogP contribution in [0.25, 0.3) is 21.8 Å². The minimum Gasteiger partial charge on any atom is -0.351 e. The summed E-state index contributed by atoms with van der Waals surface area (Å²) in [5, 5.41) is 9.30. The van der Waals surface area contributed by atoms with Crippen molar-refractivity contribution in [3.05, 3.63) is 76.7 Å². The van der Waals surface area contributed by atoms with Crippen LogP contribution in [0.3, 0.4) is 0 Å². The predicted molar refractivity (Wildman–Crippen MR) is 127 cm³/mol. The minimum atomic E-state index is -0.235. The number of hydrogen-bond donors (Lipinski definition) is 1. The van der Waals surface area contributed by atoms with Crippen LogP contribution in [0.15, 0.2) is 65.6 Å². The second kappa shape index (κ2) is 8.61. The molecule has 1 fully saturated rings. The van der Waals surface area contributed by atoms with Crippen LogP contribution in [0.2, 0.25) is 0 Å². The van der Waals surface area contributed by atoms with Crippen molar-refractivity contribution < 1.29 is 4.79 Å². The first-order chi connectivity index (χ1) is 15.6. The summed E-state index contributed by atoms with van der Waals surface area (Å²) in [5.41, 5.74) is 2.45. The second-order valence-electron chi connectivity index (χ2n) is 8.89. The quantitative estimate of drug-likeness (QED) is 0.520. The average Bonchev–Trinajstić information content (AvgIpc) is 3.12. The van der Waals surface area contributed by atoms with Gasteiger partial charge in [0, 0.05) is 28.9 Å². The molecule has 0 aliphatic heterocycles. The Morgan fingerprint density at radius 1 is 1.03 bits per heavy atom. The Balaban J connectivity index is 1.52. The number of fused-ring (bicyclic) bond motifs is 3. The molecule has 6 nitrogen and oxygen atoms in total. The molecule has 1 aliphatic rings. The first-order valence-electron chi connectivity index (χ1n) is 11.4. The van der Waals surface area contributed by atoms with Gasteiger partial charge in [0.05, 0.1) is 6.20 Å². The molecule has 1 saturated carbocycles. The molecule has 0 spiro atoms. The smallest absolute Gasteiger partial charge is 0.291 e. The third-order valence-corrected chi connectivity index (χ3v) is 6.71. The van der Waals surface area contributed by atoms with Crippen molar-refractivity contribution in [1.82, 2.24) is 19.7 Å². The van der Waals surface area contributed by atoms with Gasteiger partial charge in [-0.3, -0.25) is 9.59 Å². The van der Waals surface area contributed by atoms with E-state index in [-0.39, 0.29) is 24.1 Å². The number of nitrogens with one attached hydrogen (secondary N) is 1. The molecule has 0 bridgehead atoms. The first-order valence-corrected chi connectivity index (χ1v) is 11.4. The number of hydrogen-bond acceptors (Lipinski definition) is 3. The Kier molecular flexibility index (Phi) is 5.52. The van der Waals surface area contributed by atoms with E-state index in [9.17, 15) is 9.59 Å². The van der Waals surface area contributed by atoms with Gasteiger partial charge in [0.1, 0.15) is 12.1 Å². The lowest BCUT2D eigenvalue weighted by atomic mass is 9.86. The SMILES string of the molecule is C[C@H]1CCCC[C@H]1NC(=O)Cn1ncc2c3ccccc3n(Cc3ccccc3)c2c1=O. The van der Waals surface area contributed by atoms with Crippen LogP contribution >= 0.6 is 0 Å². The highest BCUT2D eigenvalue weighted by Crippen LogP contribution is 2.27. The molecule has 164 valence electrons. The molecular formula is C26H28N4O2. The van der Waals surface area contributed by atoms with Gasteiger partial charge in [0.2, 0.25) is 5.91 Å². The third kappa shape index (κ3) is 3.81. The summed E-state index contributed by atoms with van der Waals surface area (Å²) in [7, 11) is 0. The molecule has 2 aromatic carbocycles. The van der Waals surface area contributed by atoms with E-state index in [0.717, 1.165) is 41.1 Å². The number of amides is 1. The van der Waals surface area contributed by atoms with Crippen molar-refractivity contribution in [2.75, 3.05) is 0 Å². The lowest BCUT2D eigenvalue weighted by molar-refractivity contribution is -0.123. The second-order valence-corrected chi connectivity index (χ2v) is 8.89. The van der Waals surface area contributed by atoms with Gasteiger partial charge in [-0.25, -0.2) is 4.68 Å². The number of carbonyl (C=O) groups excluding carboxylic acids is 1. The normalized spacial score (nSPS) is 18.8. The van der Waals surface area contributed by atoms with Crippen LogP contribution in [0, 0.1) is 5.92 Å². The number of carbonyl (C=O) groups is 1. The van der Waals surface area contributed by atoms with Crippen molar-refractivity contribution >= 4 is 27.7 Å². The number of benzene rings is 2. The monoisotopic (exact) mass is 428 g/mol. The molecule has 2 aromatic heterocycles. The Morgan fingerprint density at radius 2 is 1.78 bits per heavy atom. The molecule has 1 amide bonds. The average molecular weight is 429 g/mol. The van der Waals surface area contributed by atoms with E-state index < -0.39 is 0 Å². The highest BCUT2D eigenvalue weighted by molar-refractivity contribution is 6.07. The molecule has 6 heteroatoms. The summed E-state index contributed by atoms with van der Waals surface area (Å²) < 4.78 is 3.34. The standard InChI is InChI=1S/C26H28N4O2/c1-18-9-5-7-13-22(18)28-24(31)17-30-26(32)25-21(15-27-30)20-12-6-8-14-23(20)29(25)16-19-10-3-2-4-11-19/h2-4,6,8,10-12,14-15,18,22H,5,7,9,13,16-17H2,1H3,(H,28,31)/t18-,22+/m0/s1. The Labute approximate surface area is 186 Å². The highest BCUT2D eigenvalue weighted by atomic mass is 16.2. The van der Waals surface area contributed by atoms with E-state index in [2.05, 4.69) is 29.5 Å². The molecule has 1 aliphatic carbocycles. The molecule has 0 unspecified atom stereocenters. The molecular weight excluding hydrogens is 400 g/mol. The zero-order valence-corrected chi connectivity index (χ0v) is 18.3. The van der Waals surface area contributed by atoms with Crippen molar-refractivity contribution in [1.29, 1.82) is 0 Å². The Bertz CT molecular complexity index is 1320. The van der Waals surface area contributed by atoms with Gasteiger partial charge in [-0.1, -0.05) is 68.3 Å². The lowest BCUT2D eigenvalue weighted by Gasteiger charge is -2.29. The maximum atomic E-state index is 13.5. The van der Waals surface area contributed by atoms with Gasteiger partial charge in [0.15, 0.2) is 0 Å². The van der Waals surface area contributed by atoms with Crippen molar-refractivity contribution in [2.24, 2.45) is 5.92 Å². The van der Waals surface area contributed by atoms with Crippen LogP contribution in [0.4, 0.5) is 0 Å². The third-order valence-electron chi connectivity index (χ3n) is 6.71. The van der Waals surface area contributed by atoms with Crippen LogP contribution in [-0.2, 0) is 17.9 Å². The van der Waals surface area contributed by atoms with Gasteiger partial charge in [-0.15, -0.1) is 0 Å². The molecule has 2 heterocycles. The fraction of sp³-hybridized carbons (Fsp3) is 0.346. The number of para-hydroxylation sites is 1. The predicted octanol–water partition coefficient (Wildman–Crippen LogP) is 4.09. The zero-order valence-electron chi connectivity index (χ0n) is 18.3. The fourth-order valence-electron chi connectivity index (χ4n) is 4.96. The Hall–Kier alpha value is -3.41. The topological polar surface area (TPSA) is 68.9 Å². The van der Waals surface area contributed by atoms with Gasteiger partial charge < -0.3 is 9.88 Å². The fourth-order valence-corrected chi connectivity index (χ4v) is 4.96. The summed E-state index contributed by atoms with van der Waals surface area (Å²) in [6, 6.07) is 18.3. The summed E-state index contributed by atoms with van der Waals surface area (Å²) in [6.45, 7) is 2.70. The summed E-state index contributed by atoms with van der Waals surface area (Å²) >= 11 is 0. The van der Waals surface area contributed by atoms with E-state index in [1.165, 1.54) is 11.1 Å². The highest BCUT2D eigenvalue weighted by Gasteiger charge is 2.23. The summed E-state index contributed by atoms with van der Waals surface area (Å²) in [4.78, 5) is 26.2. The maximum Gasteiger partial charge on any atom is 0.291 e. The van der Waals surface area contributed by atoms with Gasteiger partial charge in [-0.2, -0.15) is 5.10 Å². The molecule has 5 rings (SSSR count). The van der Waals surface area contributed by atoms with Gasteiger partial charge >= 0.3 is 0 Å². The van der Waals surface area contributed by atoms with Gasteiger partial charge in [-0.05, 0) is 30.4 Å². The number of aromatic nitrogens is 3. The maximum absolute atomic E-state index is 13.5. The van der Waals surface area contributed by atoms with E-state index in [0.29, 0.717) is 18.0 Å². The minimum absolute atomic E-state index is 0.0646. The molecule has 0 saturated heterocycles. The molecule has 1 N–H and O–H groups in total. The van der Waals surface area contributed by atoms with Crippen LogP contribution in [0.5, 0.6) is 0 Å². The molecule has 4 aromatic rings. The van der Waals surface area contributed by atoms with E-state index >= 15 is 0 Å². The number of rotatable bonds is 5. The molecule has 2 atom stereocenters. The van der Waals surface area contributed by atoms with Crippen LogP contribution in [0.1, 0.15) is 38.2 Å². The first kappa shape index (κ1) is 20.5. The number of nitrogens with zero attached hydrogens (tertiary/aromatic N) is 3. The van der Waals surface area contributed by atoms with E-state index in [1.54, 1.807) is 6.20 Å². The zero-order chi connectivity index (χ0) is 22.1. The van der Waals surface area contributed by atoms with Crippen molar-refractivity contribution in [2.45, 2.75) is 51.7 Å². The molecule has 32 heavy (non-hydrogen) atoms. The largest absolute Gasteiger partial charge is 0.351 e. The van der Waals surface area contributed by atoms with Gasteiger partial charge in [0.25, 0.3) is 5.56 Å². The lowest BCUT2D eigenvalue weighted by Crippen LogP contribution is -2.43. The van der Waals surface area contributed by atoms with Crippen molar-refractivity contribution in [3.63, 3.8) is 0 Å². The van der Waals surface area contributed by atoms with E-state index in [1.807, 2.05) is 47.0 Å². The van der Waals surface area contributed by atoms with Crippen LogP contribution < -0.4 is 10.9 Å². The summed E-state index contributed by atoms with van der Waals surface area (Å²) in [6.07, 6.45) is 6.21. The Morgan fingerprint density at radius 3 is 2.59 bits per heavy atom. The van der Waals surface area contributed by atoms with E-state index in [4.69, 9.17) is 0 Å². The summed E-state index contributed by atoms with van der Waals surface area (Å²) in [5.74, 6) is 0.316. The molecule has 0 radical (unpaired) electrons. The van der Waals surface area contributed by atoms with Crippen molar-refractivity contribution in [3.8, 4) is 0 Å². The van der Waals surface area contributed by atoms with Crippen LogP contribution in [-0.4, -0.2) is 26.3 Å².